The number of anilines is 2. The van der Waals surface area contributed by atoms with Gasteiger partial charge in [-0.3, -0.25) is 9.59 Å². The summed E-state index contributed by atoms with van der Waals surface area (Å²) in [5.74, 6) is 0.653. The summed E-state index contributed by atoms with van der Waals surface area (Å²) in [6.07, 6.45) is 6.72. The smallest absolute Gasteiger partial charge is 0.224 e. The van der Waals surface area contributed by atoms with Crippen LogP contribution in [0.3, 0.4) is 0 Å². The molecule has 23 heavy (non-hydrogen) atoms. The Morgan fingerprint density at radius 2 is 2.04 bits per heavy atom. The fraction of sp³-hybridized carbons (Fsp3) is 0.471. The van der Waals surface area contributed by atoms with E-state index in [1.165, 1.54) is 43.9 Å². The van der Waals surface area contributed by atoms with E-state index >= 15 is 0 Å². The molecule has 0 saturated heterocycles. The molecule has 0 unspecified atom stereocenters. The summed E-state index contributed by atoms with van der Waals surface area (Å²) in [6, 6.07) is 5.65. The number of rotatable bonds is 5. The first kappa shape index (κ1) is 15.9. The lowest BCUT2D eigenvalue weighted by molar-refractivity contribution is -0.116. The van der Waals surface area contributed by atoms with Gasteiger partial charge in [-0.1, -0.05) is 37.0 Å². The number of thiazole rings is 1. The molecule has 5 nitrogen and oxygen atoms in total. The molecule has 0 radical (unpaired) electrons. The van der Waals surface area contributed by atoms with Gasteiger partial charge >= 0.3 is 0 Å². The standard InChI is InChI=1S/C17H21N3O2S/c1-11(21)18-17-20-14-10-13(7-8-15(14)23-17)19-16(22)9-6-12-4-2-3-5-12/h7-8,10,12H,2-6,9H2,1H3,(H,19,22)(H,18,20,21). The van der Waals surface area contributed by atoms with Crippen LogP contribution in [-0.2, 0) is 9.59 Å². The minimum atomic E-state index is -0.135. The van der Waals surface area contributed by atoms with Gasteiger partial charge in [0, 0.05) is 19.0 Å². The topological polar surface area (TPSA) is 71.1 Å². The highest BCUT2D eigenvalue weighted by atomic mass is 32.1. The molecule has 1 fully saturated rings. The summed E-state index contributed by atoms with van der Waals surface area (Å²) in [6.45, 7) is 1.46. The maximum absolute atomic E-state index is 12.1. The van der Waals surface area contributed by atoms with Crippen LogP contribution in [0.25, 0.3) is 10.2 Å². The van der Waals surface area contributed by atoms with Crippen molar-refractivity contribution in [3.63, 3.8) is 0 Å². The number of amides is 2. The second kappa shape index (κ2) is 7.08. The van der Waals surface area contributed by atoms with E-state index in [-0.39, 0.29) is 11.8 Å². The minimum absolute atomic E-state index is 0.0635. The van der Waals surface area contributed by atoms with Crippen molar-refractivity contribution in [3.05, 3.63) is 18.2 Å². The molecule has 0 bridgehead atoms. The van der Waals surface area contributed by atoms with Crippen molar-refractivity contribution in [3.8, 4) is 0 Å². The average molecular weight is 331 g/mol. The van der Waals surface area contributed by atoms with Crippen molar-refractivity contribution in [2.75, 3.05) is 10.6 Å². The molecular weight excluding hydrogens is 310 g/mol. The normalized spacial score (nSPS) is 15.0. The van der Waals surface area contributed by atoms with Gasteiger partial charge in [0.1, 0.15) is 0 Å². The summed E-state index contributed by atoms with van der Waals surface area (Å²) >= 11 is 1.42. The summed E-state index contributed by atoms with van der Waals surface area (Å²) in [5.41, 5.74) is 1.54. The molecule has 122 valence electrons. The van der Waals surface area contributed by atoms with Gasteiger partial charge in [-0.2, -0.15) is 0 Å². The van der Waals surface area contributed by atoms with E-state index in [0.717, 1.165) is 28.2 Å². The van der Waals surface area contributed by atoms with Gasteiger partial charge in [-0.05, 0) is 30.5 Å². The third kappa shape index (κ3) is 4.28. The Morgan fingerprint density at radius 3 is 2.78 bits per heavy atom. The highest BCUT2D eigenvalue weighted by molar-refractivity contribution is 7.22. The van der Waals surface area contributed by atoms with E-state index in [1.54, 1.807) is 0 Å². The summed E-state index contributed by atoms with van der Waals surface area (Å²) in [7, 11) is 0. The highest BCUT2D eigenvalue weighted by Gasteiger charge is 2.16. The number of hydrogen-bond donors (Lipinski definition) is 2. The van der Waals surface area contributed by atoms with Gasteiger partial charge in [-0.25, -0.2) is 4.98 Å². The van der Waals surface area contributed by atoms with Crippen molar-refractivity contribution in [1.82, 2.24) is 4.98 Å². The lowest BCUT2D eigenvalue weighted by atomic mass is 10.0. The SMILES string of the molecule is CC(=O)Nc1nc2cc(NC(=O)CCC3CCCC3)ccc2s1. The first-order chi connectivity index (χ1) is 11.1. The van der Waals surface area contributed by atoms with E-state index in [1.807, 2.05) is 18.2 Å². The molecule has 1 aliphatic carbocycles. The largest absolute Gasteiger partial charge is 0.326 e. The van der Waals surface area contributed by atoms with Crippen LogP contribution < -0.4 is 10.6 Å². The monoisotopic (exact) mass is 331 g/mol. The van der Waals surface area contributed by atoms with Gasteiger partial charge < -0.3 is 10.6 Å². The quantitative estimate of drug-likeness (QED) is 0.864. The molecule has 3 rings (SSSR count). The van der Waals surface area contributed by atoms with E-state index < -0.39 is 0 Å². The Kier molecular flexibility index (Phi) is 4.91. The third-order valence-electron chi connectivity index (χ3n) is 4.21. The van der Waals surface area contributed by atoms with Gasteiger partial charge in [0.05, 0.1) is 10.2 Å². The number of fused-ring (bicyclic) bond motifs is 1. The average Bonchev–Trinajstić information content (AvgIpc) is 3.12. The number of carbonyl (C=O) groups excluding carboxylic acids is 2. The van der Waals surface area contributed by atoms with Crippen molar-refractivity contribution >= 4 is 44.2 Å². The van der Waals surface area contributed by atoms with Gasteiger partial charge in [0.2, 0.25) is 11.8 Å². The van der Waals surface area contributed by atoms with Crippen LogP contribution in [-0.4, -0.2) is 16.8 Å². The molecule has 1 saturated carbocycles. The summed E-state index contributed by atoms with van der Waals surface area (Å²) < 4.78 is 0.984. The Balaban J connectivity index is 1.60. The first-order valence-corrected chi connectivity index (χ1v) is 8.90. The molecule has 1 aromatic carbocycles. The predicted molar refractivity (Wildman–Crippen MR) is 93.7 cm³/mol. The van der Waals surface area contributed by atoms with Crippen LogP contribution >= 0.6 is 11.3 Å². The molecule has 1 heterocycles. The van der Waals surface area contributed by atoms with Crippen LogP contribution in [0.2, 0.25) is 0 Å². The van der Waals surface area contributed by atoms with Crippen molar-refractivity contribution in [1.29, 1.82) is 0 Å². The summed E-state index contributed by atoms with van der Waals surface area (Å²) in [4.78, 5) is 27.5. The Hall–Kier alpha value is -1.95. The fourth-order valence-electron chi connectivity index (χ4n) is 3.07. The van der Waals surface area contributed by atoms with Crippen LogP contribution in [0.5, 0.6) is 0 Å². The lowest BCUT2D eigenvalue weighted by Gasteiger charge is -2.09. The maximum atomic E-state index is 12.1. The zero-order valence-electron chi connectivity index (χ0n) is 13.2. The first-order valence-electron chi connectivity index (χ1n) is 8.08. The number of nitrogens with zero attached hydrogens (tertiary/aromatic N) is 1. The molecule has 2 aromatic rings. The highest BCUT2D eigenvalue weighted by Crippen LogP contribution is 2.30. The van der Waals surface area contributed by atoms with E-state index in [2.05, 4.69) is 15.6 Å². The molecule has 0 atom stereocenters. The second-order valence-electron chi connectivity index (χ2n) is 6.12. The van der Waals surface area contributed by atoms with Crippen molar-refractivity contribution < 1.29 is 9.59 Å². The molecule has 2 N–H and O–H groups in total. The zero-order valence-corrected chi connectivity index (χ0v) is 14.0. The Labute approximate surface area is 139 Å². The molecule has 0 aliphatic heterocycles. The number of aromatic nitrogens is 1. The molecule has 1 aromatic heterocycles. The Bertz CT molecular complexity index is 720. The Morgan fingerprint density at radius 1 is 1.26 bits per heavy atom. The number of benzene rings is 1. The van der Waals surface area contributed by atoms with E-state index in [9.17, 15) is 9.59 Å². The second-order valence-corrected chi connectivity index (χ2v) is 7.15. The number of hydrogen-bond acceptors (Lipinski definition) is 4. The van der Waals surface area contributed by atoms with Crippen LogP contribution in [0.1, 0.15) is 45.4 Å². The molecule has 0 spiro atoms. The van der Waals surface area contributed by atoms with Crippen LogP contribution in [0, 0.1) is 5.92 Å². The van der Waals surface area contributed by atoms with Crippen molar-refractivity contribution in [2.45, 2.75) is 45.4 Å². The van der Waals surface area contributed by atoms with Crippen molar-refractivity contribution in [2.24, 2.45) is 5.92 Å². The van der Waals surface area contributed by atoms with Gasteiger partial charge in [0.15, 0.2) is 5.13 Å². The fourth-order valence-corrected chi connectivity index (χ4v) is 3.96. The lowest BCUT2D eigenvalue weighted by Crippen LogP contribution is -2.12. The van der Waals surface area contributed by atoms with E-state index in [0.29, 0.717) is 11.6 Å². The van der Waals surface area contributed by atoms with Crippen LogP contribution in [0.15, 0.2) is 18.2 Å². The molecule has 2 amide bonds. The molecule has 1 aliphatic rings. The maximum Gasteiger partial charge on any atom is 0.224 e. The third-order valence-corrected chi connectivity index (χ3v) is 5.16. The predicted octanol–water partition coefficient (Wildman–Crippen LogP) is 4.16. The molecule has 6 heteroatoms. The minimum Gasteiger partial charge on any atom is -0.326 e. The summed E-state index contributed by atoms with van der Waals surface area (Å²) in [5, 5.41) is 6.21. The van der Waals surface area contributed by atoms with E-state index in [4.69, 9.17) is 0 Å². The van der Waals surface area contributed by atoms with Gasteiger partial charge in [-0.15, -0.1) is 0 Å². The zero-order chi connectivity index (χ0) is 16.2. The van der Waals surface area contributed by atoms with Gasteiger partial charge in [0.25, 0.3) is 0 Å². The number of nitrogens with one attached hydrogen (secondary N) is 2. The molecular formula is C17H21N3O2S. The van der Waals surface area contributed by atoms with Crippen LogP contribution in [0.4, 0.5) is 10.8 Å². The number of carbonyl (C=O) groups is 2.